The van der Waals surface area contributed by atoms with Gasteiger partial charge in [0.1, 0.15) is 50.9 Å². The Balaban J connectivity index is 0.000000280. The summed E-state index contributed by atoms with van der Waals surface area (Å²) < 4.78 is 156. The first-order valence-electron chi connectivity index (χ1n) is 14.1. The number of pyridine rings is 2. The van der Waals surface area contributed by atoms with E-state index in [2.05, 4.69) is 9.97 Å². The molecule has 276 valence electrons. The number of halogens is 10. The normalized spacial score (nSPS) is 14.7. The van der Waals surface area contributed by atoms with E-state index in [4.69, 9.17) is 26.9 Å². The zero-order valence-electron chi connectivity index (χ0n) is 26.4. The number of rotatable bonds is 9. The molecule has 0 amide bonds. The van der Waals surface area contributed by atoms with Gasteiger partial charge in [-0.1, -0.05) is 30.7 Å². The summed E-state index contributed by atoms with van der Waals surface area (Å²) >= 11 is 5.50. The Kier molecular flexibility index (Phi) is 13.5. The van der Waals surface area contributed by atoms with E-state index in [1.807, 2.05) is 0 Å². The summed E-state index contributed by atoms with van der Waals surface area (Å²) in [5.41, 5.74) is -1.18. The van der Waals surface area contributed by atoms with E-state index in [1.54, 1.807) is 12.1 Å². The standard InChI is InChI=1S/C16H12F5N3OS.C15H11ClF4N4OS/c1-2-24(26(25)12-5-10(7-22)8-23-9-12)15(16(19,20)21)11-3-4-13(17)14(18)6-11;1-24(26(22,25)11-4-9(6-21)7-23-8-11)14(15(18,19)20)10-2-3-12(16)13(17)5-10/h3-6,8-9,15H,2H2,1H3;2-5,7-8,14,22H,1H3. The third kappa shape index (κ3) is 9.83. The average Bonchev–Trinajstić information content (AvgIpc) is 3.09. The van der Waals surface area contributed by atoms with Crippen molar-refractivity contribution in [1.82, 2.24) is 18.6 Å². The molecule has 52 heavy (non-hydrogen) atoms. The molecule has 0 saturated carbocycles. The molecule has 4 rings (SSSR count). The number of nitrogens with one attached hydrogen (secondary N) is 1. The SMILES string of the molecule is CCN(C(c1ccc(F)c(F)c1)C(F)(F)F)S(=O)c1cncc(C#N)c1.CN(C(c1ccc(Cl)c(F)c1)C(F)(F)F)S(=N)(=O)c1cncc(C#N)c1. The molecule has 0 aliphatic heterocycles. The predicted molar refractivity (Wildman–Crippen MR) is 169 cm³/mol. The lowest BCUT2D eigenvalue weighted by Crippen LogP contribution is -2.39. The molecule has 0 radical (unpaired) electrons. The van der Waals surface area contributed by atoms with E-state index in [1.165, 1.54) is 13.1 Å². The van der Waals surface area contributed by atoms with Crippen molar-refractivity contribution in [1.29, 1.82) is 15.3 Å². The van der Waals surface area contributed by atoms with E-state index < -0.39 is 73.9 Å². The minimum absolute atomic E-state index is 0.0308. The molecule has 2 heterocycles. The highest BCUT2D eigenvalue weighted by Crippen LogP contribution is 2.41. The van der Waals surface area contributed by atoms with Gasteiger partial charge in [0, 0.05) is 38.4 Å². The van der Waals surface area contributed by atoms with Gasteiger partial charge in [0.25, 0.3) is 0 Å². The fourth-order valence-electron chi connectivity index (χ4n) is 4.54. The van der Waals surface area contributed by atoms with Gasteiger partial charge in [-0.3, -0.25) is 9.97 Å². The molecule has 2 aromatic carbocycles. The highest BCUT2D eigenvalue weighted by atomic mass is 35.5. The first-order chi connectivity index (χ1) is 24.2. The fourth-order valence-corrected chi connectivity index (χ4v) is 7.34. The molecule has 4 unspecified atom stereocenters. The van der Waals surface area contributed by atoms with Crippen LogP contribution in [0.4, 0.5) is 39.5 Å². The number of hydrogen-bond donors (Lipinski definition) is 1. The summed E-state index contributed by atoms with van der Waals surface area (Å²) in [6, 6.07) is 4.94. The summed E-state index contributed by atoms with van der Waals surface area (Å²) in [4.78, 5) is 6.82. The smallest absolute Gasteiger partial charge is 0.262 e. The molecule has 21 heteroatoms. The van der Waals surface area contributed by atoms with E-state index in [9.17, 15) is 47.9 Å². The first-order valence-corrected chi connectivity index (χ1v) is 17.1. The number of nitriles is 2. The minimum Gasteiger partial charge on any atom is -0.262 e. The number of aromatic nitrogens is 2. The monoisotopic (exact) mass is 795 g/mol. The van der Waals surface area contributed by atoms with Crippen LogP contribution in [0, 0.1) is 44.9 Å². The third-order valence-corrected chi connectivity index (χ3v) is 10.6. The van der Waals surface area contributed by atoms with Crippen LogP contribution in [0.1, 0.15) is 41.3 Å². The molecule has 4 atom stereocenters. The molecule has 0 fully saturated rings. The molecule has 1 N–H and O–H groups in total. The van der Waals surface area contributed by atoms with Crippen LogP contribution in [-0.2, 0) is 20.9 Å². The molecular formula is C31H23ClF9N7O2S2. The summed E-state index contributed by atoms with van der Waals surface area (Å²) in [7, 11) is -5.69. The Bertz CT molecular complexity index is 2140. The third-order valence-electron chi connectivity index (χ3n) is 6.93. The molecule has 4 aromatic rings. The van der Waals surface area contributed by atoms with E-state index >= 15 is 0 Å². The van der Waals surface area contributed by atoms with E-state index in [0.29, 0.717) is 22.5 Å². The van der Waals surface area contributed by atoms with Crippen LogP contribution in [-0.4, -0.2) is 52.9 Å². The van der Waals surface area contributed by atoms with Crippen molar-refractivity contribution in [2.24, 2.45) is 0 Å². The van der Waals surface area contributed by atoms with Crippen LogP contribution in [0.5, 0.6) is 0 Å². The molecule has 0 aliphatic rings. The maximum atomic E-state index is 13.6. The summed E-state index contributed by atoms with van der Waals surface area (Å²) in [6.45, 7) is 1.03. The Morgan fingerprint density at radius 2 is 1.35 bits per heavy atom. The van der Waals surface area contributed by atoms with Crippen molar-refractivity contribution in [2.75, 3.05) is 13.6 Å². The summed E-state index contributed by atoms with van der Waals surface area (Å²) in [6.07, 6.45) is -5.54. The summed E-state index contributed by atoms with van der Waals surface area (Å²) in [5.74, 6) is -3.80. The quantitative estimate of drug-likeness (QED) is 0.170. The summed E-state index contributed by atoms with van der Waals surface area (Å²) in [5, 5.41) is 17.3. The van der Waals surface area contributed by atoms with Gasteiger partial charge < -0.3 is 0 Å². The highest BCUT2D eigenvalue weighted by molar-refractivity contribution is 7.90. The van der Waals surface area contributed by atoms with Gasteiger partial charge >= 0.3 is 12.4 Å². The van der Waals surface area contributed by atoms with Gasteiger partial charge in [0.2, 0.25) is 0 Å². The lowest BCUT2D eigenvalue weighted by atomic mass is 10.1. The first kappa shape index (κ1) is 41.8. The Morgan fingerprint density at radius 3 is 1.87 bits per heavy atom. The van der Waals surface area contributed by atoms with Gasteiger partial charge in [-0.05, 0) is 47.5 Å². The zero-order chi connectivity index (χ0) is 39.2. The lowest BCUT2D eigenvalue weighted by molar-refractivity contribution is -0.173. The van der Waals surface area contributed by atoms with Gasteiger partial charge in [0.15, 0.2) is 11.6 Å². The topological polar surface area (TPSA) is 138 Å². The maximum absolute atomic E-state index is 13.6. The van der Waals surface area contributed by atoms with Crippen LogP contribution < -0.4 is 0 Å². The maximum Gasteiger partial charge on any atom is 0.409 e. The molecule has 9 nitrogen and oxygen atoms in total. The largest absolute Gasteiger partial charge is 0.409 e. The predicted octanol–water partition coefficient (Wildman–Crippen LogP) is 8.18. The van der Waals surface area contributed by atoms with Gasteiger partial charge in [-0.2, -0.15) is 36.9 Å². The molecule has 0 aliphatic carbocycles. The van der Waals surface area contributed by atoms with Crippen molar-refractivity contribution in [2.45, 2.75) is 41.2 Å². The van der Waals surface area contributed by atoms with Crippen molar-refractivity contribution >= 4 is 32.5 Å². The molecule has 0 spiro atoms. The number of benzene rings is 2. The number of hydrogen-bond acceptors (Lipinski definition) is 7. The van der Waals surface area contributed by atoms with Gasteiger partial charge in [-0.25, -0.2) is 35.0 Å². The van der Waals surface area contributed by atoms with E-state index in [0.717, 1.165) is 56.0 Å². The second kappa shape index (κ2) is 16.8. The minimum atomic E-state index is -4.96. The van der Waals surface area contributed by atoms with Crippen LogP contribution in [0.25, 0.3) is 0 Å². The molecule has 2 aromatic heterocycles. The number of nitrogens with zero attached hydrogens (tertiary/aromatic N) is 6. The van der Waals surface area contributed by atoms with Gasteiger partial charge in [-0.15, -0.1) is 0 Å². The van der Waals surface area contributed by atoms with E-state index in [-0.39, 0.29) is 36.8 Å². The van der Waals surface area contributed by atoms with Crippen LogP contribution in [0.3, 0.4) is 0 Å². The van der Waals surface area contributed by atoms with Crippen molar-refractivity contribution in [3.63, 3.8) is 0 Å². The zero-order valence-corrected chi connectivity index (χ0v) is 28.8. The van der Waals surface area contributed by atoms with Crippen LogP contribution >= 0.6 is 11.6 Å². The second-order valence-corrected chi connectivity index (χ2v) is 14.3. The lowest BCUT2D eigenvalue weighted by Gasteiger charge is -2.31. The second-order valence-electron chi connectivity index (χ2n) is 10.3. The number of alkyl halides is 6. The molecular weight excluding hydrogens is 773 g/mol. The Hall–Kier alpha value is -4.60. The van der Waals surface area contributed by atoms with Crippen LogP contribution in [0.2, 0.25) is 5.02 Å². The van der Waals surface area contributed by atoms with Gasteiger partial charge in [0.05, 0.1) is 25.9 Å². The molecule has 0 saturated heterocycles. The average molecular weight is 796 g/mol. The molecule has 0 bridgehead atoms. The van der Waals surface area contributed by atoms with Crippen molar-refractivity contribution in [3.8, 4) is 12.1 Å². The Labute approximate surface area is 298 Å². The highest BCUT2D eigenvalue weighted by Gasteiger charge is 2.48. The Morgan fingerprint density at radius 1 is 0.827 bits per heavy atom. The van der Waals surface area contributed by atoms with Crippen LogP contribution in [0.15, 0.2) is 83.1 Å². The van der Waals surface area contributed by atoms with Crippen molar-refractivity contribution < 1.29 is 47.9 Å². The fraction of sp³-hybridized carbons (Fsp3) is 0.226. The van der Waals surface area contributed by atoms with Crippen molar-refractivity contribution in [3.05, 3.63) is 118 Å².